The van der Waals surface area contributed by atoms with Crippen molar-refractivity contribution in [3.05, 3.63) is 11.6 Å². The Labute approximate surface area is 76.3 Å². The van der Waals surface area contributed by atoms with Gasteiger partial charge < -0.3 is 4.74 Å². The standard InChI is InChI=1S/C8H11ClO3/c1-3-4-6(7(10)5-9)8(11)12-2/h4H,3,5H2,1-2H3/b6-4+. The predicted molar refractivity (Wildman–Crippen MR) is 46.1 cm³/mol. The van der Waals surface area contributed by atoms with Crippen LogP contribution in [0, 0.1) is 0 Å². The topological polar surface area (TPSA) is 43.4 Å². The van der Waals surface area contributed by atoms with Gasteiger partial charge in [-0.05, 0) is 6.42 Å². The van der Waals surface area contributed by atoms with E-state index < -0.39 is 11.8 Å². The Kier molecular flexibility index (Phi) is 5.37. The summed E-state index contributed by atoms with van der Waals surface area (Å²) in [5.74, 6) is -1.21. The summed E-state index contributed by atoms with van der Waals surface area (Å²) in [4.78, 5) is 21.9. The van der Waals surface area contributed by atoms with Crippen molar-refractivity contribution in [3.63, 3.8) is 0 Å². The number of esters is 1. The van der Waals surface area contributed by atoms with Crippen molar-refractivity contribution < 1.29 is 14.3 Å². The summed E-state index contributed by atoms with van der Waals surface area (Å²) in [7, 11) is 1.23. The third-order valence-corrected chi connectivity index (χ3v) is 1.48. The first-order valence-corrected chi connectivity index (χ1v) is 4.08. The van der Waals surface area contributed by atoms with Gasteiger partial charge in [0.05, 0.1) is 18.6 Å². The quantitative estimate of drug-likeness (QED) is 0.221. The molecular weight excluding hydrogens is 180 g/mol. The molecule has 0 unspecified atom stereocenters. The number of ether oxygens (including phenoxy) is 1. The van der Waals surface area contributed by atoms with Gasteiger partial charge in [0.1, 0.15) is 0 Å². The zero-order valence-electron chi connectivity index (χ0n) is 7.09. The molecule has 0 radical (unpaired) electrons. The number of hydrogen-bond acceptors (Lipinski definition) is 3. The molecule has 0 spiro atoms. The molecule has 0 saturated carbocycles. The lowest BCUT2D eigenvalue weighted by atomic mass is 10.1. The van der Waals surface area contributed by atoms with Gasteiger partial charge in [-0.2, -0.15) is 0 Å². The number of carbonyl (C=O) groups is 2. The lowest BCUT2D eigenvalue weighted by molar-refractivity contribution is -0.137. The summed E-state index contributed by atoms with van der Waals surface area (Å²) in [5.41, 5.74) is 0.0370. The van der Waals surface area contributed by atoms with Crippen LogP contribution in [0.5, 0.6) is 0 Å². The van der Waals surface area contributed by atoms with Crippen LogP contribution < -0.4 is 0 Å². The van der Waals surface area contributed by atoms with Crippen LogP contribution in [0.25, 0.3) is 0 Å². The molecule has 0 aromatic heterocycles. The number of alkyl halides is 1. The average Bonchev–Trinajstić information content (AvgIpc) is 2.11. The molecule has 0 aromatic rings. The van der Waals surface area contributed by atoms with Gasteiger partial charge in [-0.1, -0.05) is 13.0 Å². The number of halogens is 1. The van der Waals surface area contributed by atoms with Crippen molar-refractivity contribution >= 4 is 23.4 Å². The number of carbonyl (C=O) groups excluding carboxylic acids is 2. The molecule has 0 aromatic carbocycles. The molecule has 12 heavy (non-hydrogen) atoms. The highest BCUT2D eigenvalue weighted by Crippen LogP contribution is 2.02. The van der Waals surface area contributed by atoms with Crippen LogP contribution in [0.1, 0.15) is 13.3 Å². The molecule has 0 aliphatic rings. The normalized spacial score (nSPS) is 11.1. The van der Waals surface area contributed by atoms with E-state index in [-0.39, 0.29) is 11.5 Å². The summed E-state index contributed by atoms with van der Waals surface area (Å²) >= 11 is 5.29. The van der Waals surface area contributed by atoms with Crippen molar-refractivity contribution in [1.29, 1.82) is 0 Å². The van der Waals surface area contributed by atoms with E-state index in [1.54, 1.807) is 0 Å². The van der Waals surface area contributed by atoms with Gasteiger partial charge >= 0.3 is 5.97 Å². The van der Waals surface area contributed by atoms with Gasteiger partial charge in [0.2, 0.25) is 0 Å². The number of methoxy groups -OCH3 is 1. The second-order valence-electron chi connectivity index (χ2n) is 2.07. The van der Waals surface area contributed by atoms with Crippen molar-refractivity contribution in [3.8, 4) is 0 Å². The molecule has 0 saturated heterocycles. The van der Waals surface area contributed by atoms with Crippen molar-refractivity contribution in [2.45, 2.75) is 13.3 Å². The largest absolute Gasteiger partial charge is 0.465 e. The van der Waals surface area contributed by atoms with E-state index in [2.05, 4.69) is 4.74 Å². The van der Waals surface area contributed by atoms with Crippen LogP contribution in [-0.2, 0) is 14.3 Å². The smallest absolute Gasteiger partial charge is 0.341 e. The molecule has 4 heteroatoms. The highest BCUT2D eigenvalue weighted by atomic mass is 35.5. The summed E-state index contributed by atoms with van der Waals surface area (Å²) in [5, 5.41) is 0. The second-order valence-corrected chi connectivity index (χ2v) is 2.34. The molecule has 68 valence electrons. The first-order valence-electron chi connectivity index (χ1n) is 3.55. The van der Waals surface area contributed by atoms with E-state index in [0.29, 0.717) is 6.42 Å². The van der Waals surface area contributed by atoms with E-state index in [1.807, 2.05) is 6.92 Å². The van der Waals surface area contributed by atoms with Gasteiger partial charge in [-0.15, -0.1) is 11.6 Å². The minimum absolute atomic E-state index is 0.0370. The SMILES string of the molecule is CC/C=C(\C(=O)CCl)C(=O)OC. The Morgan fingerprint density at radius 1 is 1.50 bits per heavy atom. The van der Waals surface area contributed by atoms with Crippen LogP contribution in [-0.4, -0.2) is 24.7 Å². The Hall–Kier alpha value is -0.830. The van der Waals surface area contributed by atoms with Crippen LogP contribution in [0.2, 0.25) is 0 Å². The Morgan fingerprint density at radius 2 is 2.08 bits per heavy atom. The zero-order valence-corrected chi connectivity index (χ0v) is 7.85. The Balaban J connectivity index is 4.55. The molecule has 0 fully saturated rings. The molecule has 0 rings (SSSR count). The van der Waals surface area contributed by atoms with Gasteiger partial charge in [-0.25, -0.2) is 4.79 Å². The molecule has 0 aliphatic heterocycles. The third-order valence-electron chi connectivity index (χ3n) is 1.24. The minimum atomic E-state index is -0.623. The molecule has 0 amide bonds. The van der Waals surface area contributed by atoms with E-state index >= 15 is 0 Å². The predicted octanol–water partition coefficient (Wildman–Crippen LogP) is 1.30. The minimum Gasteiger partial charge on any atom is -0.465 e. The summed E-state index contributed by atoms with van der Waals surface area (Å²) in [6, 6.07) is 0. The number of ketones is 1. The third kappa shape index (κ3) is 3.05. The van der Waals surface area contributed by atoms with Crippen molar-refractivity contribution in [2.75, 3.05) is 13.0 Å². The molecular formula is C8H11ClO3. The Bertz CT molecular complexity index is 190. The lowest BCUT2D eigenvalue weighted by Crippen LogP contribution is -2.15. The summed E-state index contributed by atoms with van der Waals surface area (Å²) in [6.07, 6.45) is 2.11. The van der Waals surface area contributed by atoms with Gasteiger partial charge in [0.15, 0.2) is 5.78 Å². The molecule has 0 atom stereocenters. The first-order chi connectivity index (χ1) is 5.67. The number of rotatable bonds is 4. The van der Waals surface area contributed by atoms with Gasteiger partial charge in [0.25, 0.3) is 0 Å². The summed E-state index contributed by atoms with van der Waals surface area (Å²) in [6.45, 7) is 1.82. The van der Waals surface area contributed by atoms with E-state index in [4.69, 9.17) is 11.6 Å². The molecule has 0 bridgehead atoms. The number of allylic oxidation sites excluding steroid dienone is 1. The molecule has 0 N–H and O–H groups in total. The van der Waals surface area contributed by atoms with Crippen LogP contribution in [0.4, 0.5) is 0 Å². The fraction of sp³-hybridized carbons (Fsp3) is 0.500. The van der Waals surface area contributed by atoms with E-state index in [0.717, 1.165) is 0 Å². The van der Waals surface area contributed by atoms with Gasteiger partial charge in [0, 0.05) is 0 Å². The lowest BCUT2D eigenvalue weighted by Gasteiger charge is -2.00. The first kappa shape index (κ1) is 11.2. The summed E-state index contributed by atoms with van der Waals surface area (Å²) < 4.78 is 4.40. The highest BCUT2D eigenvalue weighted by molar-refractivity contribution is 6.34. The van der Waals surface area contributed by atoms with Crippen molar-refractivity contribution in [2.24, 2.45) is 0 Å². The zero-order chi connectivity index (χ0) is 9.56. The maximum Gasteiger partial charge on any atom is 0.341 e. The second kappa shape index (κ2) is 5.77. The van der Waals surface area contributed by atoms with Crippen molar-refractivity contribution in [1.82, 2.24) is 0 Å². The molecule has 3 nitrogen and oxygen atoms in total. The number of Topliss-reactive ketones (excluding diaryl/α,β-unsaturated/α-hetero) is 1. The molecule has 0 aliphatic carbocycles. The van der Waals surface area contributed by atoms with Crippen LogP contribution in [0.3, 0.4) is 0 Å². The van der Waals surface area contributed by atoms with E-state index in [1.165, 1.54) is 13.2 Å². The highest BCUT2D eigenvalue weighted by Gasteiger charge is 2.16. The van der Waals surface area contributed by atoms with Crippen LogP contribution in [0.15, 0.2) is 11.6 Å². The van der Waals surface area contributed by atoms with E-state index in [9.17, 15) is 9.59 Å². The molecule has 0 heterocycles. The van der Waals surface area contributed by atoms with Gasteiger partial charge in [-0.3, -0.25) is 4.79 Å². The number of hydrogen-bond donors (Lipinski definition) is 0. The Morgan fingerprint density at radius 3 is 2.42 bits per heavy atom. The maximum absolute atomic E-state index is 11.0. The maximum atomic E-state index is 11.0. The fourth-order valence-electron chi connectivity index (χ4n) is 0.697. The van der Waals surface area contributed by atoms with Crippen LogP contribution >= 0.6 is 11.6 Å². The average molecular weight is 191 g/mol. The fourth-order valence-corrected chi connectivity index (χ4v) is 0.841. The monoisotopic (exact) mass is 190 g/mol.